The monoisotopic (exact) mass is 285 g/mol. The Hall–Kier alpha value is -2.63. The van der Waals surface area contributed by atoms with Gasteiger partial charge in [0, 0.05) is 10.9 Å². The molecule has 0 unspecified atom stereocenters. The van der Waals surface area contributed by atoms with Crippen LogP contribution < -0.4 is 5.32 Å². The fourth-order valence-corrected chi connectivity index (χ4v) is 2.34. The molecule has 0 saturated heterocycles. The van der Waals surface area contributed by atoms with Gasteiger partial charge in [-0.1, -0.05) is 18.2 Å². The molecule has 6 heteroatoms. The predicted molar refractivity (Wildman–Crippen MR) is 77.8 cm³/mol. The van der Waals surface area contributed by atoms with Gasteiger partial charge in [0.2, 0.25) is 0 Å². The zero-order chi connectivity index (χ0) is 14.8. The lowest BCUT2D eigenvalue weighted by Gasteiger charge is -2.28. The summed E-state index contributed by atoms with van der Waals surface area (Å²) in [6.45, 7) is 2.32. The molecule has 1 N–H and O–H groups in total. The van der Waals surface area contributed by atoms with Crippen LogP contribution in [0.1, 0.15) is 12.5 Å². The molecule has 1 aliphatic heterocycles. The van der Waals surface area contributed by atoms with Crippen LogP contribution in [-0.4, -0.2) is 35.0 Å². The van der Waals surface area contributed by atoms with E-state index in [0.717, 1.165) is 16.5 Å². The summed E-state index contributed by atoms with van der Waals surface area (Å²) in [6.07, 6.45) is 0. The predicted octanol–water partition coefficient (Wildman–Crippen LogP) is 2.15. The Morgan fingerprint density at radius 3 is 3.05 bits per heavy atom. The number of urea groups is 1. The van der Waals surface area contributed by atoms with Crippen LogP contribution in [0.15, 0.2) is 30.3 Å². The number of nitrogens with one attached hydrogen (secondary N) is 1. The van der Waals surface area contributed by atoms with Gasteiger partial charge in [-0.15, -0.1) is 0 Å². The summed E-state index contributed by atoms with van der Waals surface area (Å²) in [6, 6.07) is 9.35. The molecule has 2 aromatic rings. The molecule has 1 aromatic heterocycles. The first-order chi connectivity index (χ1) is 10.2. The van der Waals surface area contributed by atoms with E-state index in [1.165, 1.54) is 4.90 Å². The number of hydrogen-bond donors (Lipinski definition) is 1. The van der Waals surface area contributed by atoms with Crippen LogP contribution in [-0.2, 0) is 16.1 Å². The van der Waals surface area contributed by atoms with Crippen molar-refractivity contribution in [1.29, 1.82) is 0 Å². The molecule has 21 heavy (non-hydrogen) atoms. The zero-order valence-corrected chi connectivity index (χ0v) is 11.6. The fourth-order valence-electron chi connectivity index (χ4n) is 2.34. The lowest BCUT2D eigenvalue weighted by atomic mass is 10.1. The van der Waals surface area contributed by atoms with Crippen LogP contribution in [0.5, 0.6) is 0 Å². The smallest absolute Gasteiger partial charge is 0.325 e. The van der Waals surface area contributed by atoms with Crippen molar-refractivity contribution in [2.45, 2.75) is 13.5 Å². The largest absolute Gasteiger partial charge is 0.465 e. The van der Waals surface area contributed by atoms with E-state index in [4.69, 9.17) is 4.74 Å². The molecule has 0 fully saturated rings. The van der Waals surface area contributed by atoms with Gasteiger partial charge in [-0.3, -0.25) is 10.1 Å². The third-order valence-electron chi connectivity index (χ3n) is 3.30. The molecule has 0 aliphatic carbocycles. The maximum Gasteiger partial charge on any atom is 0.325 e. The third kappa shape index (κ3) is 2.65. The Morgan fingerprint density at radius 2 is 2.24 bits per heavy atom. The molecular weight excluding hydrogens is 270 g/mol. The first-order valence-corrected chi connectivity index (χ1v) is 6.77. The van der Waals surface area contributed by atoms with Crippen molar-refractivity contribution in [1.82, 2.24) is 9.88 Å². The average Bonchev–Trinajstić information content (AvgIpc) is 2.46. The normalized spacial score (nSPS) is 13.8. The number of anilines is 1. The van der Waals surface area contributed by atoms with Crippen LogP contribution in [0.4, 0.5) is 10.6 Å². The number of nitrogens with zero attached hydrogens (tertiary/aromatic N) is 2. The molecule has 1 aromatic carbocycles. The van der Waals surface area contributed by atoms with Crippen molar-refractivity contribution in [3.63, 3.8) is 0 Å². The van der Waals surface area contributed by atoms with Crippen molar-refractivity contribution in [3.05, 3.63) is 35.9 Å². The minimum absolute atomic E-state index is 0.0636. The van der Waals surface area contributed by atoms with Gasteiger partial charge in [0.05, 0.1) is 18.7 Å². The highest BCUT2D eigenvalue weighted by atomic mass is 16.5. The van der Waals surface area contributed by atoms with Gasteiger partial charge in [-0.25, -0.2) is 9.78 Å². The van der Waals surface area contributed by atoms with E-state index < -0.39 is 5.97 Å². The van der Waals surface area contributed by atoms with Crippen LogP contribution in [0.25, 0.3) is 10.9 Å². The van der Waals surface area contributed by atoms with E-state index in [2.05, 4.69) is 10.3 Å². The van der Waals surface area contributed by atoms with Crippen molar-refractivity contribution in [2.24, 2.45) is 0 Å². The summed E-state index contributed by atoms with van der Waals surface area (Å²) in [4.78, 5) is 29.4. The second kappa shape index (κ2) is 5.40. The van der Waals surface area contributed by atoms with Crippen LogP contribution >= 0.6 is 0 Å². The zero-order valence-electron chi connectivity index (χ0n) is 11.6. The van der Waals surface area contributed by atoms with E-state index >= 15 is 0 Å². The molecule has 1 aliphatic rings. The maximum atomic E-state index is 12.0. The summed E-state index contributed by atoms with van der Waals surface area (Å²) in [5, 5.41) is 3.72. The molecule has 0 bridgehead atoms. The third-order valence-corrected chi connectivity index (χ3v) is 3.30. The Morgan fingerprint density at radius 1 is 1.43 bits per heavy atom. The Bertz CT molecular complexity index is 714. The summed E-state index contributed by atoms with van der Waals surface area (Å²) >= 11 is 0. The second-order valence-electron chi connectivity index (χ2n) is 4.78. The number of carbonyl (C=O) groups is 2. The molecule has 0 spiro atoms. The number of rotatable bonds is 3. The minimum Gasteiger partial charge on any atom is -0.465 e. The highest BCUT2D eigenvalue weighted by Crippen LogP contribution is 2.25. The standard InChI is InChI=1S/C15H15N3O3/c1-2-21-13(19)9-18-8-11-7-10-5-3-4-6-12(10)16-14(11)17-15(18)20/h3-7H,2,8-9H2,1H3,(H,16,17,20). The Labute approximate surface area is 121 Å². The van der Waals surface area contributed by atoms with Crippen molar-refractivity contribution >= 4 is 28.7 Å². The minimum atomic E-state index is -0.412. The van der Waals surface area contributed by atoms with Gasteiger partial charge in [0.15, 0.2) is 0 Å². The second-order valence-corrected chi connectivity index (χ2v) is 4.78. The van der Waals surface area contributed by atoms with Crippen LogP contribution in [0.2, 0.25) is 0 Å². The number of esters is 1. The fraction of sp³-hybridized carbons (Fsp3) is 0.267. The maximum absolute atomic E-state index is 12.0. The number of amides is 2. The first kappa shape index (κ1) is 13.4. The van der Waals surface area contributed by atoms with E-state index in [9.17, 15) is 9.59 Å². The van der Waals surface area contributed by atoms with E-state index in [0.29, 0.717) is 19.0 Å². The first-order valence-electron chi connectivity index (χ1n) is 6.77. The van der Waals surface area contributed by atoms with E-state index in [-0.39, 0.29) is 12.6 Å². The molecule has 3 rings (SSSR count). The number of benzene rings is 1. The van der Waals surface area contributed by atoms with Crippen molar-refractivity contribution < 1.29 is 14.3 Å². The van der Waals surface area contributed by atoms with Crippen LogP contribution in [0, 0.1) is 0 Å². The highest BCUT2D eigenvalue weighted by molar-refractivity contribution is 5.95. The topological polar surface area (TPSA) is 71.5 Å². The van der Waals surface area contributed by atoms with Gasteiger partial charge < -0.3 is 9.64 Å². The summed E-state index contributed by atoms with van der Waals surface area (Å²) in [7, 11) is 0. The Balaban J connectivity index is 1.88. The number of pyridine rings is 1. The number of para-hydroxylation sites is 1. The molecule has 2 heterocycles. The van der Waals surface area contributed by atoms with Gasteiger partial charge in [0.1, 0.15) is 12.4 Å². The van der Waals surface area contributed by atoms with Crippen molar-refractivity contribution in [2.75, 3.05) is 18.5 Å². The molecular formula is C15H15N3O3. The van der Waals surface area contributed by atoms with Crippen LogP contribution in [0.3, 0.4) is 0 Å². The average molecular weight is 285 g/mol. The van der Waals surface area contributed by atoms with E-state index in [1.54, 1.807) is 6.92 Å². The SMILES string of the molecule is CCOC(=O)CN1Cc2cc3ccccc3nc2NC1=O. The summed E-state index contributed by atoms with van der Waals surface area (Å²) in [5.74, 6) is 0.142. The van der Waals surface area contributed by atoms with Gasteiger partial charge in [-0.05, 0) is 19.1 Å². The molecule has 6 nitrogen and oxygen atoms in total. The molecule has 2 amide bonds. The van der Waals surface area contributed by atoms with Gasteiger partial charge >= 0.3 is 12.0 Å². The quantitative estimate of drug-likeness (QED) is 0.877. The molecule has 0 saturated carbocycles. The summed E-state index contributed by atoms with van der Waals surface area (Å²) in [5.41, 5.74) is 1.72. The number of aromatic nitrogens is 1. The molecule has 0 atom stereocenters. The summed E-state index contributed by atoms with van der Waals surface area (Å²) < 4.78 is 4.87. The number of hydrogen-bond acceptors (Lipinski definition) is 4. The lowest BCUT2D eigenvalue weighted by molar-refractivity contribution is -0.143. The van der Waals surface area contributed by atoms with Gasteiger partial charge in [-0.2, -0.15) is 0 Å². The number of ether oxygens (including phenoxy) is 1. The van der Waals surface area contributed by atoms with Crippen molar-refractivity contribution in [3.8, 4) is 0 Å². The van der Waals surface area contributed by atoms with E-state index in [1.807, 2.05) is 30.3 Å². The highest BCUT2D eigenvalue weighted by Gasteiger charge is 2.26. The molecule has 108 valence electrons. The molecule has 0 radical (unpaired) electrons. The Kier molecular flexibility index (Phi) is 3.43. The lowest BCUT2D eigenvalue weighted by Crippen LogP contribution is -2.42. The number of carbonyl (C=O) groups excluding carboxylic acids is 2. The number of fused-ring (bicyclic) bond motifs is 2. The van der Waals surface area contributed by atoms with Gasteiger partial charge in [0.25, 0.3) is 0 Å².